The molecule has 9 N–H and O–H groups in total. The lowest BCUT2D eigenvalue weighted by atomic mass is 9.97. The summed E-state index contributed by atoms with van der Waals surface area (Å²) in [7, 11) is 1.56. The Morgan fingerprint density at radius 2 is 1.77 bits per heavy atom. The van der Waals surface area contributed by atoms with Crippen molar-refractivity contribution in [2.45, 2.75) is 76.8 Å². The van der Waals surface area contributed by atoms with Crippen molar-refractivity contribution >= 4 is 11.8 Å². The number of carbonyl (C=O) groups is 2. The van der Waals surface area contributed by atoms with E-state index in [0.29, 0.717) is 25.5 Å². The highest BCUT2D eigenvalue weighted by Gasteiger charge is 2.45. The van der Waals surface area contributed by atoms with Crippen LogP contribution < -0.4 is 22.3 Å². The van der Waals surface area contributed by atoms with E-state index in [2.05, 4.69) is 35.2 Å². The number of primary amides is 1. The van der Waals surface area contributed by atoms with Gasteiger partial charge in [-0.25, -0.2) is 5.48 Å². The summed E-state index contributed by atoms with van der Waals surface area (Å²) in [6.45, 7) is 9.06. The van der Waals surface area contributed by atoms with Gasteiger partial charge in [0.05, 0.1) is 5.60 Å². The third-order valence-corrected chi connectivity index (χ3v) is 4.48. The SMILES string of the molecule is CC(C)CCOC(C)(C)CCNC(=O)C1OC(N)C(O)C(O)C1O.CNOCC(N)=O. The normalized spacial score (nSPS) is 26.2. The number of hydrogen-bond acceptors (Lipinski definition) is 10. The fraction of sp³-hybridized carbons (Fsp3) is 0.895. The lowest BCUT2D eigenvalue weighted by molar-refractivity contribution is -0.219. The standard InChI is InChI=1S/C16H32N2O6.C3H8N2O2/c1-9(2)5-8-23-16(3,4)6-7-18-15(22)13-11(20)10(19)12(21)14(17)24-13;1-5-7-2-3(4)6/h9-14,19-21H,5-8,17H2,1-4H3,(H,18,22);5H,2H2,1H3,(H2,4,6). The summed E-state index contributed by atoms with van der Waals surface area (Å²) >= 11 is 0. The molecule has 0 bridgehead atoms. The molecule has 1 saturated heterocycles. The molecule has 0 spiro atoms. The van der Waals surface area contributed by atoms with E-state index in [4.69, 9.17) is 15.2 Å². The van der Waals surface area contributed by atoms with Gasteiger partial charge in [0.1, 0.15) is 31.1 Å². The van der Waals surface area contributed by atoms with Gasteiger partial charge >= 0.3 is 0 Å². The minimum atomic E-state index is -1.53. The largest absolute Gasteiger partial charge is 0.387 e. The molecule has 12 heteroatoms. The first kappa shape index (κ1) is 29.6. The first-order valence-corrected chi connectivity index (χ1v) is 10.3. The third-order valence-electron chi connectivity index (χ3n) is 4.48. The zero-order chi connectivity index (χ0) is 24.2. The average Bonchev–Trinajstić information content (AvgIpc) is 2.67. The Bertz CT molecular complexity index is 535. The molecule has 31 heavy (non-hydrogen) atoms. The molecule has 0 aromatic rings. The van der Waals surface area contributed by atoms with Gasteiger partial charge in [-0.05, 0) is 32.6 Å². The van der Waals surface area contributed by atoms with Crippen LogP contribution in [-0.4, -0.2) is 90.2 Å². The van der Waals surface area contributed by atoms with Crippen LogP contribution in [0.5, 0.6) is 0 Å². The molecule has 2 amide bonds. The van der Waals surface area contributed by atoms with Crippen molar-refractivity contribution in [1.82, 2.24) is 10.8 Å². The molecule has 1 aliphatic heterocycles. The van der Waals surface area contributed by atoms with Crippen molar-refractivity contribution in [3.8, 4) is 0 Å². The average molecular weight is 453 g/mol. The second kappa shape index (κ2) is 14.6. The minimum Gasteiger partial charge on any atom is -0.387 e. The van der Waals surface area contributed by atoms with Gasteiger partial charge in [-0.15, -0.1) is 0 Å². The van der Waals surface area contributed by atoms with Crippen LogP contribution in [0, 0.1) is 5.92 Å². The van der Waals surface area contributed by atoms with Gasteiger partial charge in [0.15, 0.2) is 6.10 Å². The van der Waals surface area contributed by atoms with Crippen molar-refractivity contribution in [3.05, 3.63) is 0 Å². The molecule has 0 aromatic carbocycles. The van der Waals surface area contributed by atoms with Crippen LogP contribution in [0.1, 0.15) is 40.5 Å². The maximum absolute atomic E-state index is 12.1. The van der Waals surface area contributed by atoms with Gasteiger partial charge in [-0.3, -0.25) is 14.4 Å². The number of hydroxylamine groups is 1. The monoisotopic (exact) mass is 452 g/mol. The van der Waals surface area contributed by atoms with Gasteiger partial charge in [-0.2, -0.15) is 0 Å². The van der Waals surface area contributed by atoms with Crippen LogP contribution in [0.25, 0.3) is 0 Å². The Morgan fingerprint density at radius 3 is 2.26 bits per heavy atom. The van der Waals surface area contributed by atoms with Gasteiger partial charge in [0.25, 0.3) is 5.91 Å². The first-order chi connectivity index (χ1) is 14.3. The summed E-state index contributed by atoms with van der Waals surface area (Å²) in [4.78, 5) is 26.3. The molecule has 0 aliphatic carbocycles. The maximum atomic E-state index is 12.1. The predicted octanol–water partition coefficient (Wildman–Crippen LogP) is -2.28. The Hall–Kier alpha value is -1.38. The molecular weight excluding hydrogens is 412 g/mol. The predicted molar refractivity (Wildman–Crippen MR) is 112 cm³/mol. The Labute approximate surface area is 183 Å². The third kappa shape index (κ3) is 12.3. The molecule has 5 atom stereocenters. The Morgan fingerprint density at radius 1 is 1.16 bits per heavy atom. The van der Waals surface area contributed by atoms with E-state index < -0.39 is 42.5 Å². The molecule has 184 valence electrons. The summed E-state index contributed by atoms with van der Waals surface area (Å²) in [6.07, 6.45) is -5.49. The van der Waals surface area contributed by atoms with E-state index in [1.165, 1.54) is 0 Å². The van der Waals surface area contributed by atoms with Crippen LogP contribution in [0.3, 0.4) is 0 Å². The van der Waals surface area contributed by atoms with E-state index in [1.54, 1.807) is 7.05 Å². The second-order valence-electron chi connectivity index (χ2n) is 8.28. The second-order valence-corrected chi connectivity index (χ2v) is 8.28. The molecule has 0 saturated carbocycles. The van der Waals surface area contributed by atoms with E-state index >= 15 is 0 Å². The lowest BCUT2D eigenvalue weighted by Gasteiger charge is -2.38. The number of rotatable bonds is 11. The summed E-state index contributed by atoms with van der Waals surface area (Å²) in [6, 6.07) is 0. The zero-order valence-electron chi connectivity index (χ0n) is 19.0. The van der Waals surface area contributed by atoms with Crippen molar-refractivity contribution < 1.29 is 39.2 Å². The van der Waals surface area contributed by atoms with Gasteiger partial charge in [0, 0.05) is 20.2 Å². The topological polar surface area (TPSA) is 199 Å². The van der Waals surface area contributed by atoms with Crippen LogP contribution in [0.4, 0.5) is 0 Å². The molecular formula is C19H40N4O8. The fourth-order valence-electron chi connectivity index (χ4n) is 2.50. The van der Waals surface area contributed by atoms with Crippen molar-refractivity contribution in [2.75, 3.05) is 26.8 Å². The number of aliphatic hydroxyl groups is 3. The van der Waals surface area contributed by atoms with Crippen LogP contribution in [0.15, 0.2) is 0 Å². The number of nitrogens with two attached hydrogens (primary N) is 2. The van der Waals surface area contributed by atoms with Gasteiger partial charge < -0.3 is 41.6 Å². The Kier molecular flexibility index (Phi) is 14.0. The quantitative estimate of drug-likeness (QED) is 0.168. The first-order valence-electron chi connectivity index (χ1n) is 10.3. The maximum Gasteiger partial charge on any atom is 0.252 e. The number of aliphatic hydroxyl groups excluding tert-OH is 3. The van der Waals surface area contributed by atoms with E-state index in [9.17, 15) is 24.9 Å². The molecule has 0 radical (unpaired) electrons. The summed E-state index contributed by atoms with van der Waals surface area (Å²) in [5.41, 5.74) is 12.1. The van der Waals surface area contributed by atoms with Crippen molar-refractivity contribution in [1.29, 1.82) is 0 Å². The number of nitrogens with one attached hydrogen (secondary N) is 2. The van der Waals surface area contributed by atoms with Crippen LogP contribution in [-0.2, 0) is 23.9 Å². The van der Waals surface area contributed by atoms with E-state index in [-0.39, 0.29) is 12.2 Å². The highest BCUT2D eigenvalue weighted by Crippen LogP contribution is 2.19. The molecule has 1 fully saturated rings. The van der Waals surface area contributed by atoms with Crippen LogP contribution in [0.2, 0.25) is 0 Å². The Balaban J connectivity index is 0.00000110. The van der Waals surface area contributed by atoms with Crippen molar-refractivity contribution in [2.24, 2.45) is 17.4 Å². The highest BCUT2D eigenvalue weighted by atomic mass is 16.6. The van der Waals surface area contributed by atoms with E-state index in [0.717, 1.165) is 6.42 Å². The number of carbonyl (C=O) groups excluding carboxylic acids is 2. The molecule has 12 nitrogen and oxygen atoms in total. The van der Waals surface area contributed by atoms with Gasteiger partial charge in [-0.1, -0.05) is 13.8 Å². The smallest absolute Gasteiger partial charge is 0.252 e. The number of ether oxygens (including phenoxy) is 2. The summed E-state index contributed by atoms with van der Waals surface area (Å²) in [5.74, 6) is -0.493. The van der Waals surface area contributed by atoms with Crippen molar-refractivity contribution in [3.63, 3.8) is 0 Å². The zero-order valence-corrected chi connectivity index (χ0v) is 19.0. The molecule has 1 rings (SSSR count). The lowest BCUT2D eigenvalue weighted by Crippen LogP contribution is -2.63. The summed E-state index contributed by atoms with van der Waals surface area (Å²) < 4.78 is 10.9. The summed E-state index contributed by atoms with van der Waals surface area (Å²) in [5, 5.41) is 31.7. The fourth-order valence-corrected chi connectivity index (χ4v) is 2.50. The molecule has 5 unspecified atom stereocenters. The molecule has 1 aliphatic rings. The molecule has 0 aromatic heterocycles. The number of amides is 2. The minimum absolute atomic E-state index is 0.0729. The van der Waals surface area contributed by atoms with Crippen LogP contribution >= 0.6 is 0 Å². The van der Waals surface area contributed by atoms with Gasteiger partial charge in [0.2, 0.25) is 5.91 Å². The highest BCUT2D eigenvalue weighted by molar-refractivity contribution is 5.81. The molecule has 1 heterocycles. The number of hydrogen-bond donors (Lipinski definition) is 7. The van der Waals surface area contributed by atoms with E-state index in [1.807, 2.05) is 13.8 Å².